The van der Waals surface area contributed by atoms with E-state index < -0.39 is 10.9 Å². The van der Waals surface area contributed by atoms with Crippen LogP contribution in [0, 0.1) is 0 Å². The summed E-state index contributed by atoms with van der Waals surface area (Å²) in [7, 11) is 0. The third-order valence-electron chi connectivity index (χ3n) is 2.44. The molecule has 1 N–H and O–H groups in total. The number of rotatable bonds is 4. The highest BCUT2D eigenvalue weighted by atomic mass is 35.5. The van der Waals surface area contributed by atoms with Gasteiger partial charge in [-0.15, -0.1) is 23.2 Å². The molecule has 2 aromatic rings. The first-order valence-electron chi connectivity index (χ1n) is 5.46. The smallest absolute Gasteiger partial charge is 0.137 e. The summed E-state index contributed by atoms with van der Waals surface area (Å²) in [6.07, 6.45) is -0.890. The minimum atomic E-state index is -0.890. The molecule has 2 rings (SSSR count). The summed E-state index contributed by atoms with van der Waals surface area (Å²) in [5.41, 5.74) is 0.658. The normalized spacial score (nSPS) is 12.4. The van der Waals surface area contributed by atoms with Crippen LogP contribution >= 0.6 is 23.2 Å². The van der Waals surface area contributed by atoms with E-state index in [9.17, 15) is 5.11 Å². The molecule has 0 saturated heterocycles. The highest BCUT2D eigenvalue weighted by Crippen LogP contribution is 2.27. The molecule has 1 unspecified atom stereocenters. The molecule has 0 radical (unpaired) electrons. The van der Waals surface area contributed by atoms with Crippen LogP contribution in [0.15, 0.2) is 54.6 Å². The Hall–Kier alpha value is -1.22. The molecule has 18 heavy (non-hydrogen) atoms. The van der Waals surface area contributed by atoms with Gasteiger partial charge in [0.15, 0.2) is 0 Å². The molecule has 4 heteroatoms. The number of benzene rings is 2. The van der Waals surface area contributed by atoms with Crippen molar-refractivity contribution in [3.05, 3.63) is 60.2 Å². The quantitative estimate of drug-likeness (QED) is 0.847. The second-order valence-corrected chi connectivity index (χ2v) is 4.93. The lowest BCUT2D eigenvalue weighted by Crippen LogP contribution is -2.05. The number of alkyl halides is 2. The highest BCUT2D eigenvalue weighted by molar-refractivity contribution is 6.44. The minimum Gasteiger partial charge on any atom is -0.457 e. The third kappa shape index (κ3) is 3.39. The van der Waals surface area contributed by atoms with Gasteiger partial charge in [-0.2, -0.15) is 0 Å². The number of halogens is 2. The Labute approximate surface area is 116 Å². The Balaban J connectivity index is 2.09. The molecule has 0 bridgehead atoms. The van der Waals surface area contributed by atoms with Gasteiger partial charge in [0, 0.05) is 0 Å². The number of hydrogen-bond donors (Lipinski definition) is 1. The summed E-state index contributed by atoms with van der Waals surface area (Å²) in [4.78, 5) is -0.842. The van der Waals surface area contributed by atoms with Gasteiger partial charge in [-0.1, -0.05) is 30.3 Å². The molecule has 0 aliphatic carbocycles. The topological polar surface area (TPSA) is 29.5 Å². The first-order valence-corrected chi connectivity index (χ1v) is 6.33. The highest BCUT2D eigenvalue weighted by Gasteiger charge is 2.15. The maximum atomic E-state index is 9.67. The van der Waals surface area contributed by atoms with Crippen LogP contribution in [0.4, 0.5) is 0 Å². The summed E-state index contributed by atoms with van der Waals surface area (Å²) < 4.78 is 5.63. The zero-order chi connectivity index (χ0) is 13.0. The van der Waals surface area contributed by atoms with Crippen molar-refractivity contribution in [3.63, 3.8) is 0 Å². The van der Waals surface area contributed by atoms with Gasteiger partial charge in [0.25, 0.3) is 0 Å². The van der Waals surface area contributed by atoms with Gasteiger partial charge in [-0.3, -0.25) is 0 Å². The zero-order valence-corrected chi connectivity index (χ0v) is 11.0. The minimum absolute atomic E-state index is 0.658. The molecule has 2 aromatic carbocycles. The van der Waals surface area contributed by atoms with E-state index in [1.165, 1.54) is 0 Å². The molecule has 0 aliphatic rings. The van der Waals surface area contributed by atoms with E-state index in [2.05, 4.69) is 0 Å². The fraction of sp³-hybridized carbons (Fsp3) is 0.143. The Morgan fingerprint density at radius 1 is 0.833 bits per heavy atom. The maximum Gasteiger partial charge on any atom is 0.137 e. The lowest BCUT2D eigenvalue weighted by Gasteiger charge is -2.12. The second kappa shape index (κ2) is 6.10. The summed E-state index contributed by atoms with van der Waals surface area (Å²) in [6, 6.07) is 16.5. The van der Waals surface area contributed by atoms with Gasteiger partial charge < -0.3 is 9.84 Å². The first-order chi connectivity index (χ1) is 8.66. The fourth-order valence-corrected chi connectivity index (χ4v) is 1.79. The van der Waals surface area contributed by atoms with Crippen molar-refractivity contribution in [1.82, 2.24) is 0 Å². The molecule has 94 valence electrons. The summed E-state index contributed by atoms with van der Waals surface area (Å²) in [6.45, 7) is 0. The van der Waals surface area contributed by atoms with Crippen molar-refractivity contribution in [1.29, 1.82) is 0 Å². The van der Waals surface area contributed by atoms with E-state index >= 15 is 0 Å². The van der Waals surface area contributed by atoms with Gasteiger partial charge in [0.05, 0.1) is 0 Å². The van der Waals surface area contributed by atoms with Crippen LogP contribution in [-0.2, 0) is 0 Å². The molecule has 0 aliphatic heterocycles. The van der Waals surface area contributed by atoms with Crippen molar-refractivity contribution >= 4 is 23.2 Å². The average Bonchev–Trinajstić information content (AvgIpc) is 2.40. The molecule has 2 nitrogen and oxygen atoms in total. The molecule has 0 aromatic heterocycles. The largest absolute Gasteiger partial charge is 0.457 e. The summed E-state index contributed by atoms with van der Waals surface area (Å²) >= 11 is 11.2. The van der Waals surface area contributed by atoms with Crippen LogP contribution in [0.2, 0.25) is 0 Å². The van der Waals surface area contributed by atoms with E-state index in [0.717, 1.165) is 5.75 Å². The SMILES string of the molecule is OC(c1ccc(Oc2ccccc2)cc1)C(Cl)Cl. The van der Waals surface area contributed by atoms with Crippen molar-refractivity contribution in [2.45, 2.75) is 10.9 Å². The van der Waals surface area contributed by atoms with Gasteiger partial charge in [0.1, 0.15) is 22.4 Å². The maximum absolute atomic E-state index is 9.67. The fourth-order valence-electron chi connectivity index (χ4n) is 1.50. The van der Waals surface area contributed by atoms with Crippen LogP contribution in [0.3, 0.4) is 0 Å². The van der Waals surface area contributed by atoms with E-state index in [1.807, 2.05) is 30.3 Å². The van der Waals surface area contributed by atoms with Gasteiger partial charge >= 0.3 is 0 Å². The van der Waals surface area contributed by atoms with E-state index in [1.54, 1.807) is 24.3 Å². The van der Waals surface area contributed by atoms with Crippen molar-refractivity contribution in [3.8, 4) is 11.5 Å². The van der Waals surface area contributed by atoms with E-state index in [0.29, 0.717) is 11.3 Å². The van der Waals surface area contributed by atoms with Gasteiger partial charge in [0.2, 0.25) is 0 Å². The monoisotopic (exact) mass is 282 g/mol. The Kier molecular flexibility index (Phi) is 4.48. The second-order valence-electron chi connectivity index (χ2n) is 3.76. The van der Waals surface area contributed by atoms with Crippen molar-refractivity contribution in [2.24, 2.45) is 0 Å². The van der Waals surface area contributed by atoms with Crippen LogP contribution in [0.5, 0.6) is 11.5 Å². The average molecular weight is 283 g/mol. The number of hydrogen-bond acceptors (Lipinski definition) is 2. The van der Waals surface area contributed by atoms with Crippen LogP contribution < -0.4 is 4.74 Å². The third-order valence-corrected chi connectivity index (χ3v) is 2.92. The zero-order valence-electron chi connectivity index (χ0n) is 9.46. The molecule has 0 spiro atoms. The molecular formula is C14H12Cl2O2. The number of aliphatic hydroxyl groups is 1. The first kappa shape index (κ1) is 13.2. The molecule has 1 atom stereocenters. The Bertz CT molecular complexity index is 483. The Morgan fingerprint density at radius 3 is 1.94 bits per heavy atom. The number of aliphatic hydroxyl groups excluding tert-OH is 1. The van der Waals surface area contributed by atoms with E-state index in [-0.39, 0.29) is 0 Å². The Morgan fingerprint density at radius 2 is 1.39 bits per heavy atom. The molecule has 0 amide bonds. The van der Waals surface area contributed by atoms with Crippen molar-refractivity contribution in [2.75, 3.05) is 0 Å². The molecule has 0 fully saturated rings. The summed E-state index contributed by atoms with van der Waals surface area (Å²) in [5.74, 6) is 1.45. The predicted molar refractivity (Wildman–Crippen MR) is 73.4 cm³/mol. The molecule has 0 heterocycles. The van der Waals surface area contributed by atoms with Crippen LogP contribution in [-0.4, -0.2) is 9.94 Å². The lowest BCUT2D eigenvalue weighted by atomic mass is 10.1. The van der Waals surface area contributed by atoms with Crippen LogP contribution in [0.1, 0.15) is 11.7 Å². The van der Waals surface area contributed by atoms with E-state index in [4.69, 9.17) is 27.9 Å². The van der Waals surface area contributed by atoms with Gasteiger partial charge in [-0.25, -0.2) is 0 Å². The standard InChI is InChI=1S/C14H12Cl2O2/c15-14(16)13(17)10-6-8-12(9-7-10)18-11-4-2-1-3-5-11/h1-9,13-14,17H. The summed E-state index contributed by atoms with van der Waals surface area (Å²) in [5, 5.41) is 9.67. The number of para-hydroxylation sites is 1. The predicted octanol–water partition coefficient (Wildman–Crippen LogP) is 4.32. The molecular weight excluding hydrogens is 271 g/mol. The van der Waals surface area contributed by atoms with Crippen molar-refractivity contribution < 1.29 is 9.84 Å². The number of ether oxygens (including phenoxy) is 1. The lowest BCUT2D eigenvalue weighted by molar-refractivity contribution is 0.193. The molecule has 0 saturated carbocycles. The van der Waals surface area contributed by atoms with Gasteiger partial charge in [-0.05, 0) is 29.8 Å². The van der Waals surface area contributed by atoms with Crippen LogP contribution in [0.25, 0.3) is 0 Å².